The van der Waals surface area contributed by atoms with Crippen LogP contribution in [0.5, 0.6) is 5.75 Å². The fraction of sp³-hybridized carbons (Fsp3) is 0.118. The predicted molar refractivity (Wildman–Crippen MR) is 88.3 cm³/mol. The molecule has 5 heteroatoms. The van der Waals surface area contributed by atoms with Gasteiger partial charge in [0.1, 0.15) is 5.75 Å². The fourth-order valence-electron chi connectivity index (χ4n) is 1.79. The largest absolute Gasteiger partial charge is 0.463 e. The van der Waals surface area contributed by atoms with E-state index in [0.717, 1.165) is 5.56 Å². The number of benzene rings is 2. The van der Waals surface area contributed by atoms with Crippen molar-refractivity contribution in [3.05, 3.63) is 69.4 Å². The van der Waals surface area contributed by atoms with E-state index in [1.54, 1.807) is 30.3 Å². The van der Waals surface area contributed by atoms with Crippen molar-refractivity contribution >= 4 is 35.2 Å². The van der Waals surface area contributed by atoms with Crippen LogP contribution in [0.15, 0.2) is 48.2 Å². The van der Waals surface area contributed by atoms with Crippen molar-refractivity contribution < 1.29 is 14.3 Å². The third kappa shape index (κ3) is 4.26. The van der Waals surface area contributed by atoms with E-state index in [4.69, 9.17) is 32.7 Å². The van der Waals surface area contributed by atoms with Crippen LogP contribution in [-0.4, -0.2) is 13.1 Å². The van der Waals surface area contributed by atoms with Gasteiger partial charge >= 0.3 is 5.97 Å². The molecule has 2 aromatic carbocycles. The van der Waals surface area contributed by atoms with E-state index in [9.17, 15) is 4.79 Å². The summed E-state index contributed by atoms with van der Waals surface area (Å²) in [6, 6.07) is 12.4. The standard InChI is InChI=1S/C17H14Cl2O3/c1-11-4-3-5-13(8-11)22-16(17(20)21-2)10-12-6-7-14(18)15(19)9-12/h3-10H,1-2H3/b16-10-. The van der Waals surface area contributed by atoms with Gasteiger partial charge in [-0.3, -0.25) is 0 Å². The lowest BCUT2D eigenvalue weighted by molar-refractivity contribution is -0.138. The Morgan fingerprint density at radius 2 is 1.86 bits per heavy atom. The first-order valence-corrected chi connectivity index (χ1v) is 7.25. The molecule has 0 saturated carbocycles. The number of halogens is 2. The highest BCUT2D eigenvalue weighted by atomic mass is 35.5. The molecule has 0 heterocycles. The SMILES string of the molecule is COC(=O)/C(=C/c1ccc(Cl)c(Cl)c1)Oc1cccc(C)c1. The van der Waals surface area contributed by atoms with Crippen molar-refractivity contribution in [2.45, 2.75) is 6.92 Å². The molecule has 0 fully saturated rings. The molecule has 0 aliphatic heterocycles. The molecule has 3 nitrogen and oxygen atoms in total. The first-order chi connectivity index (χ1) is 10.5. The van der Waals surface area contributed by atoms with E-state index in [1.807, 2.05) is 25.1 Å². The van der Waals surface area contributed by atoms with Crippen LogP contribution in [0.1, 0.15) is 11.1 Å². The average Bonchev–Trinajstić information content (AvgIpc) is 2.49. The smallest absolute Gasteiger partial charge is 0.373 e. The lowest BCUT2D eigenvalue weighted by atomic mass is 10.2. The Morgan fingerprint density at radius 1 is 1.09 bits per heavy atom. The number of esters is 1. The second-order valence-corrected chi connectivity index (χ2v) is 5.41. The molecule has 0 amide bonds. The Bertz CT molecular complexity index is 724. The lowest BCUT2D eigenvalue weighted by Gasteiger charge is -2.09. The molecule has 0 aliphatic rings. The van der Waals surface area contributed by atoms with Gasteiger partial charge in [-0.1, -0.05) is 41.4 Å². The van der Waals surface area contributed by atoms with Gasteiger partial charge < -0.3 is 9.47 Å². The highest BCUT2D eigenvalue weighted by Crippen LogP contribution is 2.24. The summed E-state index contributed by atoms with van der Waals surface area (Å²) < 4.78 is 10.4. The average molecular weight is 337 g/mol. The molecular formula is C17H14Cl2O3. The summed E-state index contributed by atoms with van der Waals surface area (Å²) in [5.41, 5.74) is 1.71. The summed E-state index contributed by atoms with van der Waals surface area (Å²) in [5.74, 6) is 0.0378. The number of methoxy groups -OCH3 is 1. The molecule has 2 aromatic rings. The fourth-order valence-corrected chi connectivity index (χ4v) is 2.10. The highest BCUT2D eigenvalue weighted by Gasteiger charge is 2.13. The number of hydrogen-bond donors (Lipinski definition) is 0. The highest BCUT2D eigenvalue weighted by molar-refractivity contribution is 6.42. The Balaban J connectivity index is 2.35. The quantitative estimate of drug-likeness (QED) is 0.452. The summed E-state index contributed by atoms with van der Waals surface area (Å²) >= 11 is 11.9. The van der Waals surface area contributed by atoms with Crippen LogP contribution in [0, 0.1) is 6.92 Å². The van der Waals surface area contributed by atoms with Crippen LogP contribution in [0.2, 0.25) is 10.0 Å². The molecule has 2 rings (SSSR count). The summed E-state index contributed by atoms with van der Waals surface area (Å²) in [7, 11) is 1.30. The molecule has 0 saturated heterocycles. The maximum atomic E-state index is 11.9. The van der Waals surface area contributed by atoms with Crippen molar-refractivity contribution in [1.82, 2.24) is 0 Å². The number of aryl methyl sites for hydroxylation is 1. The zero-order chi connectivity index (χ0) is 16.1. The van der Waals surface area contributed by atoms with Gasteiger partial charge in [0, 0.05) is 0 Å². The van der Waals surface area contributed by atoms with Gasteiger partial charge in [0.2, 0.25) is 5.76 Å². The van der Waals surface area contributed by atoms with Crippen molar-refractivity contribution in [2.24, 2.45) is 0 Å². The molecule has 0 aliphatic carbocycles. The minimum atomic E-state index is -0.576. The van der Waals surface area contributed by atoms with E-state index in [2.05, 4.69) is 0 Å². The third-order valence-corrected chi connectivity index (χ3v) is 3.58. The summed E-state index contributed by atoms with van der Waals surface area (Å²) in [5, 5.41) is 0.841. The molecule has 0 unspecified atom stereocenters. The van der Waals surface area contributed by atoms with Crippen LogP contribution >= 0.6 is 23.2 Å². The number of hydrogen-bond acceptors (Lipinski definition) is 3. The van der Waals surface area contributed by atoms with Crippen LogP contribution < -0.4 is 4.74 Å². The molecule has 0 N–H and O–H groups in total. The summed E-state index contributed by atoms with van der Waals surface area (Å²) in [4.78, 5) is 11.9. The number of ether oxygens (including phenoxy) is 2. The van der Waals surface area contributed by atoms with Gasteiger partial charge in [-0.2, -0.15) is 0 Å². The van der Waals surface area contributed by atoms with Crippen LogP contribution in [0.25, 0.3) is 6.08 Å². The first-order valence-electron chi connectivity index (χ1n) is 6.49. The number of carbonyl (C=O) groups excluding carboxylic acids is 1. The molecule has 0 aromatic heterocycles. The zero-order valence-corrected chi connectivity index (χ0v) is 13.6. The minimum absolute atomic E-state index is 0.0616. The van der Waals surface area contributed by atoms with Crippen molar-refractivity contribution in [3.8, 4) is 5.75 Å². The van der Waals surface area contributed by atoms with Crippen molar-refractivity contribution in [3.63, 3.8) is 0 Å². The molecule has 22 heavy (non-hydrogen) atoms. The van der Waals surface area contributed by atoms with Gasteiger partial charge in [0.15, 0.2) is 0 Å². The topological polar surface area (TPSA) is 35.5 Å². The summed E-state index contributed by atoms with van der Waals surface area (Å²) in [6.07, 6.45) is 1.55. The Kier molecular flexibility index (Phi) is 5.47. The second kappa shape index (κ2) is 7.34. The van der Waals surface area contributed by atoms with Crippen LogP contribution in [0.3, 0.4) is 0 Å². The van der Waals surface area contributed by atoms with Crippen molar-refractivity contribution in [1.29, 1.82) is 0 Å². The van der Waals surface area contributed by atoms with E-state index in [1.165, 1.54) is 7.11 Å². The van der Waals surface area contributed by atoms with Crippen molar-refractivity contribution in [2.75, 3.05) is 7.11 Å². The third-order valence-electron chi connectivity index (χ3n) is 2.85. The maximum absolute atomic E-state index is 11.9. The normalized spacial score (nSPS) is 11.2. The molecule has 0 spiro atoms. The zero-order valence-electron chi connectivity index (χ0n) is 12.1. The maximum Gasteiger partial charge on any atom is 0.373 e. The van der Waals surface area contributed by atoms with Gasteiger partial charge in [0.25, 0.3) is 0 Å². The molecule has 0 atom stereocenters. The first kappa shape index (κ1) is 16.4. The van der Waals surface area contributed by atoms with Gasteiger partial charge in [-0.05, 0) is 48.4 Å². The molecule has 0 radical (unpaired) electrons. The lowest BCUT2D eigenvalue weighted by Crippen LogP contribution is -2.10. The van der Waals surface area contributed by atoms with Gasteiger partial charge in [-0.25, -0.2) is 4.79 Å². The molecule has 0 bridgehead atoms. The van der Waals surface area contributed by atoms with E-state index < -0.39 is 5.97 Å². The summed E-state index contributed by atoms with van der Waals surface area (Å²) in [6.45, 7) is 1.94. The van der Waals surface area contributed by atoms with Gasteiger partial charge in [-0.15, -0.1) is 0 Å². The number of rotatable bonds is 4. The Labute approximate surface area is 139 Å². The monoisotopic (exact) mass is 336 g/mol. The van der Waals surface area contributed by atoms with E-state index in [0.29, 0.717) is 21.4 Å². The van der Waals surface area contributed by atoms with Gasteiger partial charge in [0.05, 0.1) is 17.2 Å². The Hall–Kier alpha value is -1.97. The van der Waals surface area contributed by atoms with Crippen LogP contribution in [-0.2, 0) is 9.53 Å². The van der Waals surface area contributed by atoms with E-state index >= 15 is 0 Å². The molecule has 114 valence electrons. The predicted octanol–water partition coefficient (Wildman–Crippen LogP) is 4.89. The Morgan fingerprint density at radius 3 is 2.50 bits per heavy atom. The molecular weight excluding hydrogens is 323 g/mol. The van der Waals surface area contributed by atoms with E-state index in [-0.39, 0.29) is 5.76 Å². The minimum Gasteiger partial charge on any atom is -0.463 e. The second-order valence-electron chi connectivity index (χ2n) is 4.59. The number of carbonyl (C=O) groups is 1. The van der Waals surface area contributed by atoms with Crippen LogP contribution in [0.4, 0.5) is 0 Å².